The molecule has 2 aromatic rings. The van der Waals surface area contributed by atoms with Gasteiger partial charge in [0, 0.05) is 50.0 Å². The molecule has 2 heterocycles. The molecule has 2 rings (SSSR count). The molecule has 0 spiro atoms. The molecule has 4 nitrogen and oxygen atoms in total. The van der Waals surface area contributed by atoms with E-state index in [1.54, 1.807) is 12.4 Å². The Morgan fingerprint density at radius 2 is 1.29 bits per heavy atom. The van der Waals surface area contributed by atoms with Gasteiger partial charge in [-0.1, -0.05) is 12.1 Å². The fourth-order valence-electron chi connectivity index (χ4n) is 2.08. The van der Waals surface area contributed by atoms with Crippen molar-refractivity contribution in [3.63, 3.8) is 0 Å². The number of aromatic nitrogens is 2. The normalized spacial score (nSPS) is 13.2. The molecule has 2 atom stereocenters. The maximum atomic E-state index is 4.14. The SMILES string of the molecule is CC(NCCNC(C)c1cccnc1)c1cccnc1.Cl. The van der Waals surface area contributed by atoms with Gasteiger partial charge in [-0.05, 0) is 37.1 Å². The Balaban J connectivity index is 0.00000220. The molecule has 0 aromatic carbocycles. The Bertz CT molecular complexity index is 445. The van der Waals surface area contributed by atoms with Gasteiger partial charge in [0.25, 0.3) is 0 Å². The third-order valence-corrected chi connectivity index (χ3v) is 3.39. The Labute approximate surface area is 132 Å². The van der Waals surface area contributed by atoms with Crippen LogP contribution in [0.25, 0.3) is 0 Å². The number of pyridine rings is 2. The number of rotatable bonds is 7. The van der Waals surface area contributed by atoms with Gasteiger partial charge in [-0.2, -0.15) is 0 Å². The van der Waals surface area contributed by atoms with Crippen LogP contribution in [0, 0.1) is 0 Å². The van der Waals surface area contributed by atoms with Crippen LogP contribution in [0.2, 0.25) is 0 Å². The van der Waals surface area contributed by atoms with Crippen LogP contribution >= 0.6 is 12.4 Å². The van der Waals surface area contributed by atoms with Gasteiger partial charge in [0.2, 0.25) is 0 Å². The molecule has 114 valence electrons. The number of nitrogens with zero attached hydrogens (tertiary/aromatic N) is 2. The lowest BCUT2D eigenvalue weighted by Gasteiger charge is -2.17. The molecular weight excluding hydrogens is 284 g/mol. The molecule has 0 radical (unpaired) electrons. The number of hydrogen-bond acceptors (Lipinski definition) is 4. The fourth-order valence-corrected chi connectivity index (χ4v) is 2.08. The molecule has 0 aliphatic carbocycles. The van der Waals surface area contributed by atoms with E-state index in [9.17, 15) is 0 Å². The van der Waals surface area contributed by atoms with Crippen LogP contribution < -0.4 is 10.6 Å². The Morgan fingerprint density at radius 1 is 0.857 bits per heavy atom. The first-order valence-electron chi connectivity index (χ1n) is 7.04. The number of halogens is 1. The van der Waals surface area contributed by atoms with Crippen molar-refractivity contribution in [1.29, 1.82) is 0 Å². The monoisotopic (exact) mass is 306 g/mol. The van der Waals surface area contributed by atoms with Crippen LogP contribution in [0.5, 0.6) is 0 Å². The molecule has 2 N–H and O–H groups in total. The Hall–Kier alpha value is -1.49. The van der Waals surface area contributed by atoms with Crippen LogP contribution in [0.4, 0.5) is 0 Å². The topological polar surface area (TPSA) is 49.8 Å². The molecule has 21 heavy (non-hydrogen) atoms. The second kappa shape index (κ2) is 9.45. The summed E-state index contributed by atoms with van der Waals surface area (Å²) in [6, 6.07) is 8.76. The van der Waals surface area contributed by atoms with Gasteiger partial charge in [0.05, 0.1) is 0 Å². The van der Waals surface area contributed by atoms with Crippen LogP contribution in [0.3, 0.4) is 0 Å². The maximum absolute atomic E-state index is 4.14. The van der Waals surface area contributed by atoms with Crippen LogP contribution in [-0.4, -0.2) is 23.1 Å². The fraction of sp³-hybridized carbons (Fsp3) is 0.375. The predicted octanol–water partition coefficient (Wildman–Crippen LogP) is 2.90. The smallest absolute Gasteiger partial charge is 0.0315 e. The van der Waals surface area contributed by atoms with Crippen molar-refractivity contribution in [2.24, 2.45) is 0 Å². The van der Waals surface area contributed by atoms with Gasteiger partial charge in [0.15, 0.2) is 0 Å². The van der Waals surface area contributed by atoms with Crippen molar-refractivity contribution in [2.45, 2.75) is 25.9 Å². The van der Waals surface area contributed by atoms with Gasteiger partial charge in [0.1, 0.15) is 0 Å². The second-order valence-electron chi connectivity index (χ2n) is 4.92. The highest BCUT2D eigenvalue weighted by atomic mass is 35.5. The summed E-state index contributed by atoms with van der Waals surface area (Å²) in [6.07, 6.45) is 7.41. The zero-order chi connectivity index (χ0) is 14.2. The molecule has 2 aromatic heterocycles. The zero-order valence-corrected chi connectivity index (χ0v) is 13.3. The standard InChI is InChI=1S/C16H22N4.ClH/c1-13(15-5-3-7-17-11-15)19-9-10-20-14(2)16-6-4-8-18-12-16;/h3-8,11-14,19-20H,9-10H2,1-2H3;1H. The molecule has 0 amide bonds. The minimum atomic E-state index is 0. The van der Waals surface area contributed by atoms with Gasteiger partial charge in [-0.3, -0.25) is 9.97 Å². The second-order valence-corrected chi connectivity index (χ2v) is 4.92. The highest BCUT2D eigenvalue weighted by Crippen LogP contribution is 2.10. The lowest BCUT2D eigenvalue weighted by atomic mass is 10.1. The van der Waals surface area contributed by atoms with Crippen LogP contribution in [0.1, 0.15) is 37.1 Å². The van der Waals surface area contributed by atoms with E-state index < -0.39 is 0 Å². The van der Waals surface area contributed by atoms with E-state index in [4.69, 9.17) is 0 Å². The minimum Gasteiger partial charge on any atom is -0.309 e. The van der Waals surface area contributed by atoms with E-state index in [1.807, 2.05) is 24.5 Å². The molecule has 0 saturated heterocycles. The molecule has 0 aliphatic heterocycles. The van der Waals surface area contributed by atoms with E-state index in [0.717, 1.165) is 13.1 Å². The summed E-state index contributed by atoms with van der Waals surface area (Å²) in [6.45, 7) is 6.14. The molecule has 0 aliphatic rings. The summed E-state index contributed by atoms with van der Waals surface area (Å²) < 4.78 is 0. The minimum absolute atomic E-state index is 0. The van der Waals surface area contributed by atoms with E-state index >= 15 is 0 Å². The van der Waals surface area contributed by atoms with Crippen molar-refractivity contribution < 1.29 is 0 Å². The third kappa shape index (κ3) is 5.79. The first kappa shape index (κ1) is 17.6. The molecule has 0 saturated carbocycles. The van der Waals surface area contributed by atoms with E-state index in [0.29, 0.717) is 12.1 Å². The van der Waals surface area contributed by atoms with Gasteiger partial charge >= 0.3 is 0 Å². The van der Waals surface area contributed by atoms with E-state index in [1.165, 1.54) is 11.1 Å². The van der Waals surface area contributed by atoms with Crippen molar-refractivity contribution in [3.05, 3.63) is 60.2 Å². The maximum Gasteiger partial charge on any atom is 0.0315 e. The lowest BCUT2D eigenvalue weighted by Crippen LogP contribution is -2.30. The summed E-state index contributed by atoms with van der Waals surface area (Å²) in [7, 11) is 0. The van der Waals surface area contributed by atoms with Crippen molar-refractivity contribution >= 4 is 12.4 Å². The summed E-state index contributed by atoms with van der Waals surface area (Å²) in [4.78, 5) is 8.28. The van der Waals surface area contributed by atoms with Gasteiger partial charge in [-0.25, -0.2) is 0 Å². The van der Waals surface area contributed by atoms with Crippen molar-refractivity contribution in [3.8, 4) is 0 Å². The summed E-state index contributed by atoms with van der Waals surface area (Å²) >= 11 is 0. The van der Waals surface area contributed by atoms with Gasteiger partial charge < -0.3 is 10.6 Å². The molecular formula is C16H23ClN4. The first-order valence-corrected chi connectivity index (χ1v) is 7.04. The molecule has 0 fully saturated rings. The largest absolute Gasteiger partial charge is 0.309 e. The Kier molecular flexibility index (Phi) is 7.90. The summed E-state index contributed by atoms with van der Waals surface area (Å²) in [5.41, 5.74) is 2.43. The third-order valence-electron chi connectivity index (χ3n) is 3.39. The predicted molar refractivity (Wildman–Crippen MR) is 88.6 cm³/mol. The van der Waals surface area contributed by atoms with Gasteiger partial charge in [-0.15, -0.1) is 12.4 Å². The van der Waals surface area contributed by atoms with E-state index in [2.05, 4.69) is 46.6 Å². The Morgan fingerprint density at radius 3 is 1.62 bits per heavy atom. The molecule has 2 unspecified atom stereocenters. The highest BCUT2D eigenvalue weighted by Gasteiger charge is 2.06. The summed E-state index contributed by atoms with van der Waals surface area (Å²) in [5.74, 6) is 0. The highest BCUT2D eigenvalue weighted by molar-refractivity contribution is 5.85. The van der Waals surface area contributed by atoms with E-state index in [-0.39, 0.29) is 12.4 Å². The lowest BCUT2D eigenvalue weighted by molar-refractivity contribution is 0.510. The average Bonchev–Trinajstić information content (AvgIpc) is 2.53. The van der Waals surface area contributed by atoms with Crippen LogP contribution in [0.15, 0.2) is 49.1 Å². The van der Waals surface area contributed by atoms with Crippen molar-refractivity contribution in [2.75, 3.05) is 13.1 Å². The van der Waals surface area contributed by atoms with Crippen molar-refractivity contribution in [1.82, 2.24) is 20.6 Å². The van der Waals surface area contributed by atoms with Crippen LogP contribution in [-0.2, 0) is 0 Å². The zero-order valence-electron chi connectivity index (χ0n) is 12.5. The molecule has 0 bridgehead atoms. The average molecular weight is 307 g/mol. The summed E-state index contributed by atoms with van der Waals surface area (Å²) in [5, 5.41) is 6.98. The molecule has 5 heteroatoms. The number of nitrogens with one attached hydrogen (secondary N) is 2. The number of hydrogen-bond donors (Lipinski definition) is 2. The first-order chi connectivity index (χ1) is 9.77. The quantitative estimate of drug-likeness (QED) is 0.772.